The van der Waals surface area contributed by atoms with E-state index >= 15 is 0 Å². The van der Waals surface area contributed by atoms with Gasteiger partial charge in [0.15, 0.2) is 11.5 Å². The number of sulfonamides is 1. The van der Waals surface area contributed by atoms with E-state index in [0.717, 1.165) is 12.6 Å². The van der Waals surface area contributed by atoms with Crippen LogP contribution in [0.1, 0.15) is 24.7 Å². The first-order valence-electron chi connectivity index (χ1n) is 8.37. The highest BCUT2D eigenvalue weighted by atomic mass is 35.5. The van der Waals surface area contributed by atoms with Crippen molar-refractivity contribution in [1.29, 1.82) is 0 Å². The summed E-state index contributed by atoms with van der Waals surface area (Å²) in [7, 11) is -3.81. The molecular formula is C16H18ClN7O3S. The lowest BCUT2D eigenvalue weighted by Gasteiger charge is -2.13. The zero-order valence-corrected chi connectivity index (χ0v) is 16.8. The normalized spacial score (nSPS) is 11.7. The fraction of sp³-hybridized carbons (Fsp3) is 0.312. The molecule has 0 radical (unpaired) electrons. The Labute approximate surface area is 165 Å². The van der Waals surface area contributed by atoms with Gasteiger partial charge in [0, 0.05) is 12.7 Å². The molecule has 148 valence electrons. The third-order valence-corrected chi connectivity index (χ3v) is 5.02. The van der Waals surface area contributed by atoms with Crippen LogP contribution in [0.2, 0.25) is 5.28 Å². The molecule has 0 aliphatic carbocycles. The SMILES string of the molecule is CCCn1c(=O)c(NCc2ccc(S(N)(=O)=O)cn2)nc2c(C)nc(Cl)nc21. The van der Waals surface area contributed by atoms with Crippen molar-refractivity contribution in [1.82, 2.24) is 24.5 Å². The van der Waals surface area contributed by atoms with E-state index in [9.17, 15) is 13.2 Å². The van der Waals surface area contributed by atoms with Crippen LogP contribution in [0, 0.1) is 6.92 Å². The van der Waals surface area contributed by atoms with Gasteiger partial charge < -0.3 is 5.32 Å². The predicted molar refractivity (Wildman–Crippen MR) is 105 cm³/mol. The topological polar surface area (TPSA) is 146 Å². The van der Waals surface area contributed by atoms with Gasteiger partial charge in [-0.15, -0.1) is 0 Å². The van der Waals surface area contributed by atoms with Gasteiger partial charge in [0.1, 0.15) is 10.4 Å². The maximum absolute atomic E-state index is 12.8. The van der Waals surface area contributed by atoms with Crippen LogP contribution in [0.25, 0.3) is 11.2 Å². The molecule has 28 heavy (non-hydrogen) atoms. The molecule has 12 heteroatoms. The molecule has 3 aromatic heterocycles. The predicted octanol–water partition coefficient (Wildman–Crippen LogP) is 1.21. The van der Waals surface area contributed by atoms with Crippen molar-refractivity contribution < 1.29 is 8.42 Å². The number of nitrogens with two attached hydrogens (primary N) is 1. The monoisotopic (exact) mass is 423 g/mol. The van der Waals surface area contributed by atoms with Crippen LogP contribution in [-0.4, -0.2) is 32.9 Å². The van der Waals surface area contributed by atoms with Crippen LogP contribution < -0.4 is 16.0 Å². The number of fused-ring (bicyclic) bond motifs is 1. The van der Waals surface area contributed by atoms with Gasteiger partial charge in [0.05, 0.1) is 17.9 Å². The quantitative estimate of drug-likeness (QED) is 0.562. The molecule has 0 aliphatic rings. The summed E-state index contributed by atoms with van der Waals surface area (Å²) in [5, 5.41) is 8.05. The largest absolute Gasteiger partial charge is 0.360 e. The molecule has 0 saturated carbocycles. The Kier molecular flexibility index (Phi) is 5.59. The Morgan fingerprint density at radius 3 is 2.61 bits per heavy atom. The first kappa shape index (κ1) is 20.1. The number of nitrogens with one attached hydrogen (secondary N) is 1. The molecular weight excluding hydrogens is 406 g/mol. The van der Waals surface area contributed by atoms with Crippen molar-refractivity contribution in [3.8, 4) is 0 Å². The number of primary sulfonamides is 1. The third-order valence-electron chi connectivity index (χ3n) is 3.95. The van der Waals surface area contributed by atoms with E-state index < -0.39 is 10.0 Å². The number of hydrogen-bond donors (Lipinski definition) is 2. The second-order valence-electron chi connectivity index (χ2n) is 6.05. The second kappa shape index (κ2) is 7.78. The van der Waals surface area contributed by atoms with Gasteiger partial charge in [-0.3, -0.25) is 14.3 Å². The highest BCUT2D eigenvalue weighted by molar-refractivity contribution is 7.89. The van der Waals surface area contributed by atoms with Gasteiger partial charge >= 0.3 is 0 Å². The molecule has 0 saturated heterocycles. The molecule has 3 rings (SSSR count). The average molecular weight is 424 g/mol. The van der Waals surface area contributed by atoms with Crippen molar-refractivity contribution in [2.24, 2.45) is 5.14 Å². The number of rotatable bonds is 6. The van der Waals surface area contributed by atoms with E-state index in [2.05, 4.69) is 25.3 Å². The van der Waals surface area contributed by atoms with E-state index in [1.54, 1.807) is 6.92 Å². The Morgan fingerprint density at radius 2 is 2.00 bits per heavy atom. The summed E-state index contributed by atoms with van der Waals surface area (Å²) in [5.74, 6) is 0.118. The van der Waals surface area contributed by atoms with Crippen LogP contribution in [-0.2, 0) is 23.1 Å². The van der Waals surface area contributed by atoms with Crippen molar-refractivity contribution in [2.75, 3.05) is 5.32 Å². The van der Waals surface area contributed by atoms with Gasteiger partial charge in [-0.05, 0) is 37.1 Å². The van der Waals surface area contributed by atoms with Crippen molar-refractivity contribution >= 4 is 38.6 Å². The fourth-order valence-corrected chi connectivity index (χ4v) is 3.29. The molecule has 0 aromatic carbocycles. The Hall–Kier alpha value is -2.63. The van der Waals surface area contributed by atoms with Gasteiger partial charge in [0.25, 0.3) is 5.56 Å². The summed E-state index contributed by atoms with van der Waals surface area (Å²) in [6.07, 6.45) is 1.88. The number of halogens is 1. The minimum Gasteiger partial charge on any atom is -0.360 e. The van der Waals surface area contributed by atoms with Crippen molar-refractivity contribution in [3.05, 3.63) is 45.4 Å². The summed E-state index contributed by atoms with van der Waals surface area (Å²) in [4.78, 5) is 29.4. The molecule has 3 N–H and O–H groups in total. The molecule has 0 atom stereocenters. The standard InChI is InChI=1S/C16H18ClN7O3S/c1-3-6-24-14-12(9(2)21-16(17)23-14)22-13(15(24)25)20-7-10-4-5-11(8-19-10)28(18,26)27/h4-5,8H,3,6-7H2,1-2H3,(H,20,22)(H2,18,26,27). The summed E-state index contributed by atoms with van der Waals surface area (Å²) >= 11 is 5.93. The van der Waals surface area contributed by atoms with Crippen LogP contribution >= 0.6 is 11.6 Å². The lowest BCUT2D eigenvalue weighted by Crippen LogP contribution is -2.26. The van der Waals surface area contributed by atoms with Crippen LogP contribution in [0.5, 0.6) is 0 Å². The highest BCUT2D eigenvalue weighted by Gasteiger charge is 2.15. The van der Waals surface area contributed by atoms with E-state index in [4.69, 9.17) is 16.7 Å². The second-order valence-corrected chi connectivity index (χ2v) is 7.95. The van der Waals surface area contributed by atoms with E-state index in [1.165, 1.54) is 16.7 Å². The summed E-state index contributed by atoms with van der Waals surface area (Å²) in [5.41, 5.74) is 1.58. The molecule has 10 nitrogen and oxygen atoms in total. The van der Waals surface area contributed by atoms with E-state index in [0.29, 0.717) is 29.1 Å². The Balaban J connectivity index is 1.97. The number of pyridine rings is 1. The molecule has 3 aromatic rings. The fourth-order valence-electron chi connectivity index (χ4n) is 2.63. The van der Waals surface area contributed by atoms with Crippen molar-refractivity contribution in [2.45, 2.75) is 38.3 Å². The Bertz CT molecular complexity index is 1190. The Morgan fingerprint density at radius 1 is 1.25 bits per heavy atom. The molecule has 0 amide bonds. The molecule has 0 spiro atoms. The number of nitrogens with zero attached hydrogens (tertiary/aromatic N) is 5. The smallest absolute Gasteiger partial charge is 0.294 e. The van der Waals surface area contributed by atoms with Crippen LogP contribution in [0.15, 0.2) is 28.0 Å². The summed E-state index contributed by atoms with van der Waals surface area (Å²) in [6, 6.07) is 2.86. The van der Waals surface area contributed by atoms with Gasteiger partial charge in [-0.25, -0.2) is 23.5 Å². The first-order chi connectivity index (χ1) is 13.2. The van der Waals surface area contributed by atoms with E-state index in [1.807, 2.05) is 6.92 Å². The lowest BCUT2D eigenvalue weighted by molar-refractivity contribution is 0.597. The lowest BCUT2D eigenvalue weighted by atomic mass is 10.3. The number of aryl methyl sites for hydroxylation is 2. The van der Waals surface area contributed by atoms with Gasteiger partial charge in [0.2, 0.25) is 15.3 Å². The zero-order valence-electron chi connectivity index (χ0n) is 15.2. The summed E-state index contributed by atoms with van der Waals surface area (Å²) < 4.78 is 24.1. The molecule has 0 aliphatic heterocycles. The highest BCUT2D eigenvalue weighted by Crippen LogP contribution is 2.16. The number of anilines is 1. The molecule has 3 heterocycles. The van der Waals surface area contributed by atoms with Crippen LogP contribution in [0.3, 0.4) is 0 Å². The molecule has 0 bridgehead atoms. The van der Waals surface area contributed by atoms with E-state index in [-0.39, 0.29) is 28.1 Å². The zero-order chi connectivity index (χ0) is 20.5. The molecule has 0 unspecified atom stereocenters. The summed E-state index contributed by atoms with van der Waals surface area (Å²) in [6.45, 7) is 4.29. The first-order valence-corrected chi connectivity index (χ1v) is 10.3. The minimum absolute atomic E-state index is 0.0518. The van der Waals surface area contributed by atoms with Crippen LogP contribution in [0.4, 0.5) is 5.82 Å². The minimum atomic E-state index is -3.81. The maximum Gasteiger partial charge on any atom is 0.294 e. The third kappa shape index (κ3) is 4.11. The number of hydrogen-bond acceptors (Lipinski definition) is 8. The molecule has 0 fully saturated rings. The van der Waals surface area contributed by atoms with Crippen molar-refractivity contribution in [3.63, 3.8) is 0 Å². The number of aromatic nitrogens is 5. The van der Waals surface area contributed by atoms with Gasteiger partial charge in [-0.2, -0.15) is 4.98 Å². The maximum atomic E-state index is 12.8. The van der Waals surface area contributed by atoms with Gasteiger partial charge in [-0.1, -0.05) is 6.92 Å². The average Bonchev–Trinajstić information content (AvgIpc) is 2.63.